The van der Waals surface area contributed by atoms with E-state index in [4.69, 9.17) is 0 Å². The molecule has 1 aliphatic rings. The maximum atomic E-state index is 13.2. The second kappa shape index (κ2) is 4.89. The Bertz CT molecular complexity index is 585. The summed E-state index contributed by atoms with van der Waals surface area (Å²) in [6, 6.07) is 4.07. The van der Waals surface area contributed by atoms with Crippen LogP contribution in [0.2, 0.25) is 0 Å². The molecule has 1 aromatic heterocycles. The van der Waals surface area contributed by atoms with Crippen molar-refractivity contribution in [2.45, 2.75) is 25.3 Å². The van der Waals surface area contributed by atoms with Crippen LogP contribution < -0.4 is 5.32 Å². The van der Waals surface area contributed by atoms with Gasteiger partial charge in [0.15, 0.2) is 17.5 Å². The zero-order valence-electron chi connectivity index (χ0n) is 10.1. The molecule has 0 fully saturated rings. The summed E-state index contributed by atoms with van der Waals surface area (Å²) in [5, 5.41) is 5.12. The first kappa shape index (κ1) is 12.5. The van der Waals surface area contributed by atoms with Crippen molar-refractivity contribution in [3.63, 3.8) is 0 Å². The van der Waals surface area contributed by atoms with Gasteiger partial charge in [-0.15, -0.1) is 11.3 Å². The van der Waals surface area contributed by atoms with E-state index in [0.717, 1.165) is 31.4 Å². The van der Waals surface area contributed by atoms with Gasteiger partial charge in [-0.25, -0.2) is 13.2 Å². The highest BCUT2D eigenvalue weighted by Crippen LogP contribution is 2.35. The van der Waals surface area contributed by atoms with Crippen LogP contribution in [0.3, 0.4) is 0 Å². The molecule has 5 heteroatoms. The van der Waals surface area contributed by atoms with E-state index in [0.29, 0.717) is 0 Å². The molecule has 1 unspecified atom stereocenters. The summed E-state index contributed by atoms with van der Waals surface area (Å²) in [5.41, 5.74) is 1.46. The number of nitrogens with one attached hydrogen (secondary N) is 1. The Morgan fingerprint density at radius 1 is 1.16 bits per heavy atom. The SMILES string of the molecule is Fc1cc(NC2CCCc3sccc32)cc(F)c1F. The van der Waals surface area contributed by atoms with Crippen LogP contribution in [-0.2, 0) is 6.42 Å². The van der Waals surface area contributed by atoms with Gasteiger partial charge in [0.05, 0.1) is 6.04 Å². The van der Waals surface area contributed by atoms with Crippen molar-refractivity contribution in [2.75, 3.05) is 5.32 Å². The van der Waals surface area contributed by atoms with Crippen LogP contribution in [0.1, 0.15) is 29.3 Å². The quantitative estimate of drug-likeness (QED) is 0.791. The molecule has 0 spiro atoms. The molecule has 0 amide bonds. The molecule has 0 saturated heterocycles. The highest BCUT2D eigenvalue weighted by Gasteiger charge is 2.21. The lowest BCUT2D eigenvalue weighted by Gasteiger charge is -2.24. The van der Waals surface area contributed by atoms with Crippen molar-refractivity contribution in [3.8, 4) is 0 Å². The Balaban J connectivity index is 1.87. The molecule has 1 atom stereocenters. The first-order valence-corrected chi connectivity index (χ1v) is 7.00. The summed E-state index contributed by atoms with van der Waals surface area (Å²) in [7, 11) is 0. The fraction of sp³-hybridized carbons (Fsp3) is 0.286. The van der Waals surface area contributed by atoms with Crippen LogP contribution in [0.25, 0.3) is 0 Å². The number of hydrogen-bond acceptors (Lipinski definition) is 2. The van der Waals surface area contributed by atoms with Gasteiger partial charge in [-0.2, -0.15) is 0 Å². The van der Waals surface area contributed by atoms with Crippen molar-refractivity contribution in [1.29, 1.82) is 0 Å². The number of aryl methyl sites for hydroxylation is 1. The molecule has 1 nitrogen and oxygen atoms in total. The van der Waals surface area contributed by atoms with Gasteiger partial charge < -0.3 is 5.32 Å². The van der Waals surface area contributed by atoms with Crippen LogP contribution in [0, 0.1) is 17.5 Å². The molecular formula is C14H12F3NS. The summed E-state index contributed by atoms with van der Waals surface area (Å²) in [6.07, 6.45) is 3.00. The van der Waals surface area contributed by atoms with Crippen LogP contribution in [0.4, 0.5) is 18.9 Å². The summed E-state index contributed by atoms with van der Waals surface area (Å²) in [6.45, 7) is 0. The zero-order chi connectivity index (χ0) is 13.4. The van der Waals surface area contributed by atoms with E-state index in [9.17, 15) is 13.2 Å². The number of fused-ring (bicyclic) bond motifs is 1. The van der Waals surface area contributed by atoms with Gasteiger partial charge in [-0.1, -0.05) is 0 Å². The fourth-order valence-electron chi connectivity index (χ4n) is 2.48. The van der Waals surface area contributed by atoms with Crippen molar-refractivity contribution in [3.05, 3.63) is 51.5 Å². The second-order valence-corrected chi connectivity index (χ2v) is 5.64. The predicted molar refractivity (Wildman–Crippen MR) is 69.9 cm³/mol. The Kier molecular flexibility index (Phi) is 3.22. The number of halogens is 3. The van der Waals surface area contributed by atoms with Crippen molar-refractivity contribution >= 4 is 17.0 Å². The Hall–Kier alpha value is -1.49. The molecule has 1 N–H and O–H groups in total. The third-order valence-corrected chi connectivity index (χ3v) is 4.37. The van der Waals surface area contributed by atoms with E-state index < -0.39 is 17.5 Å². The summed E-state index contributed by atoms with van der Waals surface area (Å²) in [4.78, 5) is 1.31. The number of hydrogen-bond donors (Lipinski definition) is 1. The van der Waals surface area contributed by atoms with E-state index >= 15 is 0 Å². The molecule has 3 rings (SSSR count). The number of benzene rings is 1. The number of anilines is 1. The molecule has 0 saturated carbocycles. The highest BCUT2D eigenvalue weighted by molar-refractivity contribution is 7.10. The fourth-order valence-corrected chi connectivity index (χ4v) is 3.46. The van der Waals surface area contributed by atoms with E-state index in [2.05, 4.69) is 5.32 Å². The lowest BCUT2D eigenvalue weighted by atomic mass is 9.94. The molecule has 1 aliphatic carbocycles. The molecular weight excluding hydrogens is 271 g/mol. The Labute approximate surface area is 113 Å². The van der Waals surface area contributed by atoms with Crippen molar-refractivity contribution < 1.29 is 13.2 Å². The standard InChI is InChI=1S/C14H12F3NS/c15-10-6-8(7-11(16)14(10)17)18-12-2-1-3-13-9(12)4-5-19-13/h4-7,12,18H,1-3H2. The van der Waals surface area contributed by atoms with Crippen LogP contribution in [0.5, 0.6) is 0 Å². The molecule has 19 heavy (non-hydrogen) atoms. The largest absolute Gasteiger partial charge is 0.378 e. The van der Waals surface area contributed by atoms with Crippen LogP contribution in [-0.4, -0.2) is 0 Å². The van der Waals surface area contributed by atoms with Gasteiger partial charge in [0.25, 0.3) is 0 Å². The Morgan fingerprint density at radius 3 is 2.63 bits per heavy atom. The van der Waals surface area contributed by atoms with E-state index in [1.54, 1.807) is 11.3 Å². The topological polar surface area (TPSA) is 12.0 Å². The van der Waals surface area contributed by atoms with Gasteiger partial charge in [-0.05, 0) is 36.3 Å². The lowest BCUT2D eigenvalue weighted by Crippen LogP contribution is -2.16. The third kappa shape index (κ3) is 2.34. The first-order valence-electron chi connectivity index (χ1n) is 6.12. The first-order chi connectivity index (χ1) is 9.15. The average Bonchev–Trinajstić information content (AvgIpc) is 2.85. The lowest BCUT2D eigenvalue weighted by molar-refractivity contribution is 0.447. The van der Waals surface area contributed by atoms with Gasteiger partial charge in [0.2, 0.25) is 0 Å². The number of thiophene rings is 1. The van der Waals surface area contributed by atoms with E-state index in [1.807, 2.05) is 11.4 Å². The van der Waals surface area contributed by atoms with Crippen LogP contribution >= 0.6 is 11.3 Å². The van der Waals surface area contributed by atoms with Gasteiger partial charge >= 0.3 is 0 Å². The van der Waals surface area contributed by atoms with Gasteiger partial charge in [-0.3, -0.25) is 0 Å². The highest BCUT2D eigenvalue weighted by atomic mass is 32.1. The van der Waals surface area contributed by atoms with Crippen molar-refractivity contribution in [2.24, 2.45) is 0 Å². The minimum Gasteiger partial charge on any atom is -0.378 e. The van der Waals surface area contributed by atoms with Gasteiger partial charge in [0, 0.05) is 22.7 Å². The molecule has 100 valence electrons. The predicted octanol–water partition coefficient (Wildman–Crippen LogP) is 4.65. The Morgan fingerprint density at radius 2 is 1.89 bits per heavy atom. The van der Waals surface area contributed by atoms with Crippen molar-refractivity contribution in [1.82, 2.24) is 0 Å². The molecule has 0 radical (unpaired) electrons. The summed E-state index contributed by atoms with van der Waals surface area (Å²) < 4.78 is 39.3. The smallest absolute Gasteiger partial charge is 0.194 e. The molecule has 1 aromatic carbocycles. The maximum Gasteiger partial charge on any atom is 0.194 e. The monoisotopic (exact) mass is 283 g/mol. The summed E-state index contributed by atoms with van der Waals surface area (Å²) in [5.74, 6) is -3.75. The minimum absolute atomic E-state index is 0.0410. The molecule has 0 bridgehead atoms. The number of rotatable bonds is 2. The van der Waals surface area contributed by atoms with E-state index in [-0.39, 0.29) is 11.7 Å². The molecule has 0 aliphatic heterocycles. The average molecular weight is 283 g/mol. The second-order valence-electron chi connectivity index (χ2n) is 4.64. The summed E-state index contributed by atoms with van der Waals surface area (Å²) >= 11 is 1.70. The molecule has 1 heterocycles. The van der Waals surface area contributed by atoms with Gasteiger partial charge in [0.1, 0.15) is 0 Å². The normalized spacial score (nSPS) is 18.2. The third-order valence-electron chi connectivity index (χ3n) is 3.38. The zero-order valence-corrected chi connectivity index (χ0v) is 10.9. The minimum atomic E-state index is -1.43. The maximum absolute atomic E-state index is 13.2. The van der Waals surface area contributed by atoms with E-state index in [1.165, 1.54) is 10.4 Å². The van der Waals surface area contributed by atoms with Crippen LogP contribution in [0.15, 0.2) is 23.6 Å². The molecule has 2 aromatic rings.